The molecule has 3 aliphatic rings. The number of rotatable bonds is 5. The Bertz CT molecular complexity index is 561. The van der Waals surface area contributed by atoms with E-state index in [9.17, 15) is 9.18 Å². The Labute approximate surface area is 135 Å². The van der Waals surface area contributed by atoms with E-state index in [-0.39, 0.29) is 18.4 Å². The second kappa shape index (κ2) is 7.14. The number of piperazine rings is 3. The van der Waals surface area contributed by atoms with Gasteiger partial charge in [0.2, 0.25) is 0 Å². The molecule has 1 atom stereocenters. The summed E-state index contributed by atoms with van der Waals surface area (Å²) in [5, 5.41) is 5.66. The van der Waals surface area contributed by atoms with Gasteiger partial charge in [0.1, 0.15) is 11.6 Å². The van der Waals surface area contributed by atoms with Gasteiger partial charge >= 0.3 is 6.03 Å². The van der Waals surface area contributed by atoms with E-state index in [0.29, 0.717) is 23.9 Å². The van der Waals surface area contributed by atoms with Crippen molar-refractivity contribution in [3.05, 3.63) is 29.6 Å². The van der Waals surface area contributed by atoms with Gasteiger partial charge in [-0.1, -0.05) is 0 Å². The average molecular weight is 322 g/mol. The third kappa shape index (κ3) is 4.11. The van der Waals surface area contributed by atoms with Crippen molar-refractivity contribution in [2.75, 3.05) is 46.4 Å². The first kappa shape index (κ1) is 16.0. The molecule has 1 aromatic carbocycles. The van der Waals surface area contributed by atoms with Crippen LogP contribution in [0.2, 0.25) is 0 Å². The van der Waals surface area contributed by atoms with E-state index in [2.05, 4.69) is 20.4 Å². The Morgan fingerprint density at radius 2 is 2.04 bits per heavy atom. The summed E-state index contributed by atoms with van der Waals surface area (Å²) in [6.07, 6.45) is 0. The van der Waals surface area contributed by atoms with Gasteiger partial charge in [0.15, 0.2) is 0 Å². The molecule has 3 fully saturated rings. The van der Waals surface area contributed by atoms with E-state index >= 15 is 0 Å². The maximum Gasteiger partial charge on any atom is 0.315 e. The molecule has 126 valence electrons. The van der Waals surface area contributed by atoms with Crippen LogP contribution in [0.25, 0.3) is 0 Å². The van der Waals surface area contributed by atoms with Crippen LogP contribution in [-0.4, -0.2) is 68.3 Å². The number of hydrogen-bond donors (Lipinski definition) is 2. The van der Waals surface area contributed by atoms with Crippen molar-refractivity contribution in [1.82, 2.24) is 20.4 Å². The highest BCUT2D eigenvalue weighted by Crippen LogP contribution is 2.16. The lowest BCUT2D eigenvalue weighted by atomic mass is 10.1. The Morgan fingerprint density at radius 3 is 2.70 bits per heavy atom. The maximum atomic E-state index is 13.4. The lowest BCUT2D eigenvalue weighted by molar-refractivity contribution is 0.0148. The van der Waals surface area contributed by atoms with Gasteiger partial charge in [-0.2, -0.15) is 0 Å². The zero-order chi connectivity index (χ0) is 16.2. The van der Waals surface area contributed by atoms with Gasteiger partial charge < -0.3 is 15.4 Å². The van der Waals surface area contributed by atoms with E-state index in [0.717, 1.165) is 32.7 Å². The molecule has 23 heavy (non-hydrogen) atoms. The number of nitrogens with one attached hydrogen (secondary N) is 2. The molecule has 2 bridgehead atoms. The van der Waals surface area contributed by atoms with Crippen LogP contribution in [0.5, 0.6) is 5.75 Å². The minimum Gasteiger partial charge on any atom is -0.497 e. The number of carbonyl (C=O) groups is 1. The molecular weight excluding hydrogens is 299 g/mol. The van der Waals surface area contributed by atoms with E-state index in [4.69, 9.17) is 4.74 Å². The fourth-order valence-corrected chi connectivity index (χ4v) is 3.21. The monoisotopic (exact) mass is 322 g/mol. The van der Waals surface area contributed by atoms with E-state index < -0.39 is 0 Å². The van der Waals surface area contributed by atoms with Crippen molar-refractivity contribution in [3.63, 3.8) is 0 Å². The number of nitrogens with zero attached hydrogens (tertiary/aromatic N) is 2. The quantitative estimate of drug-likeness (QED) is 0.835. The number of amides is 2. The summed E-state index contributed by atoms with van der Waals surface area (Å²) in [7, 11) is 1.49. The van der Waals surface area contributed by atoms with Crippen molar-refractivity contribution in [2.24, 2.45) is 0 Å². The molecule has 0 saturated carbocycles. The standard InChI is InChI=1S/C16H23FN4O2/c1-23-15-7-12(6-13(17)8-15)9-18-16(22)19-10-14-11-20-2-4-21(14)5-3-20/h6-8,14H,2-5,9-11H2,1H3,(H2,18,19,22). The SMILES string of the molecule is COc1cc(F)cc(CNC(=O)NCC2CN3CCN2CC3)c1. The van der Waals surface area contributed by atoms with Crippen LogP contribution < -0.4 is 15.4 Å². The number of halogens is 1. The lowest BCUT2D eigenvalue weighted by Gasteiger charge is -2.47. The summed E-state index contributed by atoms with van der Waals surface area (Å²) in [6.45, 7) is 6.33. The summed E-state index contributed by atoms with van der Waals surface area (Å²) in [5.74, 6) is 0.0731. The molecule has 1 unspecified atom stereocenters. The molecule has 4 rings (SSSR count). The van der Waals surface area contributed by atoms with Gasteiger partial charge in [-0.05, 0) is 17.7 Å². The Hall–Kier alpha value is -1.86. The molecule has 1 aromatic rings. The van der Waals surface area contributed by atoms with E-state index in [1.54, 1.807) is 6.07 Å². The molecule has 0 spiro atoms. The molecule has 0 radical (unpaired) electrons. The third-order valence-electron chi connectivity index (χ3n) is 4.51. The Balaban J connectivity index is 1.44. The minimum atomic E-state index is -0.373. The van der Waals surface area contributed by atoms with Crippen molar-refractivity contribution in [1.29, 1.82) is 0 Å². The maximum absolute atomic E-state index is 13.4. The topological polar surface area (TPSA) is 56.8 Å². The fourth-order valence-electron chi connectivity index (χ4n) is 3.21. The third-order valence-corrected chi connectivity index (χ3v) is 4.51. The van der Waals surface area contributed by atoms with Gasteiger partial charge in [-0.25, -0.2) is 9.18 Å². The number of carbonyl (C=O) groups excluding carboxylic acids is 1. The van der Waals surface area contributed by atoms with Crippen LogP contribution >= 0.6 is 0 Å². The van der Waals surface area contributed by atoms with Crippen LogP contribution in [0.1, 0.15) is 5.56 Å². The first-order valence-electron chi connectivity index (χ1n) is 7.95. The molecule has 0 aromatic heterocycles. The number of urea groups is 1. The molecule has 7 heteroatoms. The number of fused-ring (bicyclic) bond motifs is 3. The summed E-state index contributed by atoms with van der Waals surface area (Å²) < 4.78 is 18.4. The van der Waals surface area contributed by atoms with Gasteiger partial charge in [0.05, 0.1) is 7.11 Å². The highest BCUT2D eigenvalue weighted by Gasteiger charge is 2.31. The summed E-state index contributed by atoms with van der Waals surface area (Å²) in [5.41, 5.74) is 0.670. The first-order valence-corrected chi connectivity index (χ1v) is 7.95. The number of benzene rings is 1. The Morgan fingerprint density at radius 1 is 1.26 bits per heavy atom. The number of methoxy groups -OCH3 is 1. The predicted octanol–water partition coefficient (Wildman–Crippen LogP) is 0.633. The Kier molecular flexibility index (Phi) is 4.97. The highest BCUT2D eigenvalue weighted by atomic mass is 19.1. The van der Waals surface area contributed by atoms with Crippen molar-refractivity contribution >= 4 is 6.03 Å². The largest absolute Gasteiger partial charge is 0.497 e. The normalized spacial score (nSPS) is 25.9. The number of ether oxygens (including phenoxy) is 1. The van der Waals surface area contributed by atoms with Crippen LogP contribution in [0.4, 0.5) is 9.18 Å². The second-order valence-electron chi connectivity index (χ2n) is 6.05. The van der Waals surface area contributed by atoms with Crippen molar-refractivity contribution < 1.29 is 13.9 Å². The molecule has 2 amide bonds. The zero-order valence-corrected chi connectivity index (χ0v) is 13.3. The van der Waals surface area contributed by atoms with E-state index in [1.165, 1.54) is 19.2 Å². The molecule has 3 aliphatic heterocycles. The van der Waals surface area contributed by atoms with Crippen LogP contribution in [0, 0.1) is 5.82 Å². The van der Waals surface area contributed by atoms with Crippen LogP contribution in [0.3, 0.4) is 0 Å². The number of hydrogen-bond acceptors (Lipinski definition) is 4. The van der Waals surface area contributed by atoms with Crippen molar-refractivity contribution in [3.8, 4) is 5.75 Å². The summed E-state index contributed by atoms with van der Waals surface area (Å²) in [4.78, 5) is 16.8. The zero-order valence-electron chi connectivity index (χ0n) is 13.3. The molecule has 3 saturated heterocycles. The highest BCUT2D eigenvalue weighted by molar-refractivity contribution is 5.73. The van der Waals surface area contributed by atoms with E-state index in [1.807, 2.05) is 0 Å². The van der Waals surface area contributed by atoms with Gasteiger partial charge in [0.25, 0.3) is 0 Å². The molecule has 2 N–H and O–H groups in total. The summed E-state index contributed by atoms with van der Waals surface area (Å²) >= 11 is 0. The average Bonchev–Trinajstić information content (AvgIpc) is 2.58. The molecule has 3 heterocycles. The second-order valence-corrected chi connectivity index (χ2v) is 6.05. The van der Waals surface area contributed by atoms with Gasteiger partial charge in [0, 0.05) is 57.9 Å². The lowest BCUT2D eigenvalue weighted by Crippen LogP contribution is -2.63. The van der Waals surface area contributed by atoms with Crippen LogP contribution in [-0.2, 0) is 6.54 Å². The smallest absolute Gasteiger partial charge is 0.315 e. The molecule has 0 aliphatic carbocycles. The van der Waals surface area contributed by atoms with Crippen molar-refractivity contribution in [2.45, 2.75) is 12.6 Å². The van der Waals surface area contributed by atoms with Crippen LogP contribution in [0.15, 0.2) is 18.2 Å². The summed E-state index contributed by atoms with van der Waals surface area (Å²) in [6, 6.07) is 4.57. The van der Waals surface area contributed by atoms with Gasteiger partial charge in [-0.15, -0.1) is 0 Å². The molecular formula is C16H23FN4O2. The first-order chi connectivity index (χ1) is 11.1. The molecule has 6 nitrogen and oxygen atoms in total. The van der Waals surface area contributed by atoms with Gasteiger partial charge in [-0.3, -0.25) is 9.80 Å². The fraction of sp³-hybridized carbons (Fsp3) is 0.562. The minimum absolute atomic E-state index is 0.231. The predicted molar refractivity (Wildman–Crippen MR) is 85.0 cm³/mol.